The molecule has 1 aliphatic rings. The van der Waals surface area contributed by atoms with E-state index in [9.17, 15) is 19.1 Å². The Kier molecular flexibility index (Phi) is 9.77. The van der Waals surface area contributed by atoms with E-state index in [0.717, 1.165) is 12.8 Å². The molecule has 0 radical (unpaired) electrons. The fourth-order valence-corrected chi connectivity index (χ4v) is 5.57. The smallest absolute Gasteiger partial charge is 0.339 e. The molecule has 0 aromatic heterocycles. The molecule has 212 valence electrons. The maximum absolute atomic E-state index is 14.7. The van der Waals surface area contributed by atoms with E-state index in [1.807, 2.05) is 0 Å². The summed E-state index contributed by atoms with van der Waals surface area (Å²) in [5, 5.41) is 15.5. The minimum Gasteiger partial charge on any atom is -0.478 e. The van der Waals surface area contributed by atoms with E-state index >= 15 is 0 Å². The summed E-state index contributed by atoms with van der Waals surface area (Å²) in [7, 11) is 0. The van der Waals surface area contributed by atoms with Gasteiger partial charge in [0, 0.05) is 23.5 Å². The van der Waals surface area contributed by atoms with Crippen LogP contribution in [0, 0.1) is 23.6 Å². The van der Waals surface area contributed by atoms with Gasteiger partial charge in [-0.2, -0.15) is 0 Å². The molecule has 0 saturated heterocycles. The SMILES string of the molecule is CC(C)C1C(C)CCCC1OCC(=O)Nc1ccc(NCc2c(F)cccc2Oc2ccccc2C(=O)O)cc1. The van der Waals surface area contributed by atoms with Crippen LogP contribution in [-0.4, -0.2) is 29.7 Å². The zero-order chi connectivity index (χ0) is 28.6. The number of rotatable bonds is 11. The lowest BCUT2D eigenvalue weighted by Crippen LogP contribution is -2.38. The molecule has 3 unspecified atom stereocenters. The van der Waals surface area contributed by atoms with E-state index in [0.29, 0.717) is 29.1 Å². The number of aromatic carboxylic acids is 1. The van der Waals surface area contributed by atoms with Crippen LogP contribution in [0.15, 0.2) is 66.7 Å². The summed E-state index contributed by atoms with van der Waals surface area (Å²) < 4.78 is 26.6. The molecule has 1 aliphatic carbocycles. The third-order valence-electron chi connectivity index (χ3n) is 7.48. The van der Waals surface area contributed by atoms with Gasteiger partial charge in [0.05, 0.1) is 6.10 Å². The van der Waals surface area contributed by atoms with Gasteiger partial charge in [-0.25, -0.2) is 9.18 Å². The summed E-state index contributed by atoms with van der Waals surface area (Å²) >= 11 is 0. The van der Waals surface area contributed by atoms with E-state index in [4.69, 9.17) is 9.47 Å². The quantitative estimate of drug-likeness (QED) is 0.232. The van der Waals surface area contributed by atoms with Gasteiger partial charge in [-0.3, -0.25) is 4.79 Å². The zero-order valence-electron chi connectivity index (χ0n) is 23.2. The number of carboxylic acids is 1. The topological polar surface area (TPSA) is 96.9 Å². The average Bonchev–Trinajstić information content (AvgIpc) is 2.92. The molecule has 1 amide bonds. The van der Waals surface area contributed by atoms with Crippen LogP contribution in [0.3, 0.4) is 0 Å². The number of carbonyl (C=O) groups is 2. The molecule has 1 saturated carbocycles. The van der Waals surface area contributed by atoms with Crippen molar-refractivity contribution in [1.29, 1.82) is 0 Å². The van der Waals surface area contributed by atoms with E-state index < -0.39 is 11.8 Å². The second-order valence-corrected chi connectivity index (χ2v) is 10.7. The number of carboxylic acid groups (broad SMARTS) is 1. The van der Waals surface area contributed by atoms with Crippen LogP contribution in [0.4, 0.5) is 15.8 Å². The molecule has 0 heterocycles. The number of hydrogen-bond acceptors (Lipinski definition) is 5. The Morgan fingerprint density at radius 1 is 0.975 bits per heavy atom. The van der Waals surface area contributed by atoms with Crippen LogP contribution in [-0.2, 0) is 16.1 Å². The summed E-state index contributed by atoms with van der Waals surface area (Å²) in [4.78, 5) is 24.1. The van der Waals surface area contributed by atoms with Crippen molar-refractivity contribution >= 4 is 23.3 Å². The maximum atomic E-state index is 14.7. The van der Waals surface area contributed by atoms with Gasteiger partial charge in [0.25, 0.3) is 0 Å². The Morgan fingerprint density at radius 2 is 1.68 bits per heavy atom. The second kappa shape index (κ2) is 13.4. The highest BCUT2D eigenvalue weighted by Crippen LogP contribution is 2.37. The number of hydrogen-bond donors (Lipinski definition) is 3. The van der Waals surface area contributed by atoms with Gasteiger partial charge < -0.3 is 25.2 Å². The first-order chi connectivity index (χ1) is 19.2. The summed E-state index contributed by atoms with van der Waals surface area (Å²) in [5.41, 5.74) is 1.60. The summed E-state index contributed by atoms with van der Waals surface area (Å²) in [6.07, 6.45) is 3.42. The van der Waals surface area contributed by atoms with Gasteiger partial charge in [-0.15, -0.1) is 0 Å². The maximum Gasteiger partial charge on any atom is 0.339 e. The molecule has 0 bridgehead atoms. The lowest BCUT2D eigenvalue weighted by atomic mass is 9.72. The predicted molar refractivity (Wildman–Crippen MR) is 153 cm³/mol. The van der Waals surface area contributed by atoms with Crippen molar-refractivity contribution in [2.75, 3.05) is 17.2 Å². The molecule has 1 fully saturated rings. The van der Waals surface area contributed by atoms with Crippen molar-refractivity contribution in [3.8, 4) is 11.5 Å². The fourth-order valence-electron chi connectivity index (χ4n) is 5.57. The Bertz CT molecular complexity index is 1310. The van der Waals surface area contributed by atoms with E-state index in [2.05, 4.69) is 31.4 Å². The fraction of sp³-hybridized carbons (Fsp3) is 0.375. The van der Waals surface area contributed by atoms with Gasteiger partial charge in [0.2, 0.25) is 5.91 Å². The molecule has 3 aromatic carbocycles. The third kappa shape index (κ3) is 7.39. The molecule has 4 rings (SSSR count). The van der Waals surface area contributed by atoms with Crippen molar-refractivity contribution in [3.63, 3.8) is 0 Å². The Hall–Kier alpha value is -3.91. The van der Waals surface area contributed by atoms with Crippen molar-refractivity contribution in [3.05, 3.63) is 83.7 Å². The van der Waals surface area contributed by atoms with Gasteiger partial charge in [0.15, 0.2) is 0 Å². The van der Waals surface area contributed by atoms with Crippen molar-refractivity contribution in [1.82, 2.24) is 0 Å². The zero-order valence-corrected chi connectivity index (χ0v) is 23.2. The summed E-state index contributed by atoms with van der Waals surface area (Å²) in [6, 6.07) is 17.8. The van der Waals surface area contributed by atoms with Crippen LogP contribution >= 0.6 is 0 Å². The van der Waals surface area contributed by atoms with Crippen LogP contribution in [0.1, 0.15) is 56.0 Å². The number of para-hydroxylation sites is 1. The Morgan fingerprint density at radius 3 is 2.40 bits per heavy atom. The van der Waals surface area contributed by atoms with Crippen LogP contribution in [0.5, 0.6) is 11.5 Å². The molecule has 3 aromatic rings. The lowest BCUT2D eigenvalue weighted by molar-refractivity contribution is -0.126. The minimum absolute atomic E-state index is 0.0123. The molecule has 0 aliphatic heterocycles. The molecule has 3 N–H and O–H groups in total. The highest BCUT2D eigenvalue weighted by Gasteiger charge is 2.33. The van der Waals surface area contributed by atoms with Crippen LogP contribution < -0.4 is 15.4 Å². The lowest BCUT2D eigenvalue weighted by Gasteiger charge is -2.38. The van der Waals surface area contributed by atoms with Gasteiger partial charge >= 0.3 is 5.97 Å². The van der Waals surface area contributed by atoms with Crippen molar-refractivity contribution in [2.45, 2.75) is 52.7 Å². The second-order valence-electron chi connectivity index (χ2n) is 10.7. The normalized spacial score (nSPS) is 18.8. The molecule has 7 nitrogen and oxygen atoms in total. The number of amides is 1. The highest BCUT2D eigenvalue weighted by atomic mass is 19.1. The first kappa shape index (κ1) is 29.1. The predicted octanol–water partition coefficient (Wildman–Crippen LogP) is 7.34. The Labute approximate surface area is 234 Å². The average molecular weight is 549 g/mol. The number of nitrogens with one attached hydrogen (secondary N) is 2. The van der Waals surface area contributed by atoms with Crippen molar-refractivity contribution in [2.24, 2.45) is 17.8 Å². The largest absolute Gasteiger partial charge is 0.478 e. The van der Waals surface area contributed by atoms with Crippen LogP contribution in [0.25, 0.3) is 0 Å². The highest BCUT2D eigenvalue weighted by molar-refractivity contribution is 5.92. The number of ether oxygens (including phenoxy) is 2. The van der Waals surface area contributed by atoms with Crippen LogP contribution in [0.2, 0.25) is 0 Å². The number of anilines is 2. The minimum atomic E-state index is -1.13. The molecular formula is C32H37FN2O5. The monoisotopic (exact) mass is 548 g/mol. The van der Waals surface area contributed by atoms with Gasteiger partial charge in [0.1, 0.15) is 29.5 Å². The first-order valence-corrected chi connectivity index (χ1v) is 13.8. The molecule has 3 atom stereocenters. The van der Waals surface area contributed by atoms with Gasteiger partial charge in [-0.05, 0) is 72.7 Å². The van der Waals surface area contributed by atoms with E-state index in [1.165, 1.54) is 30.7 Å². The number of carbonyl (C=O) groups excluding carboxylic acids is 1. The van der Waals surface area contributed by atoms with Gasteiger partial charge in [-0.1, -0.05) is 51.8 Å². The van der Waals surface area contributed by atoms with E-state index in [-0.39, 0.29) is 47.8 Å². The summed E-state index contributed by atoms with van der Waals surface area (Å²) in [5.74, 6) is 0.101. The van der Waals surface area contributed by atoms with Crippen molar-refractivity contribution < 1.29 is 28.6 Å². The molecular weight excluding hydrogens is 511 g/mol. The standard InChI is InChI=1S/C32H37FN2O5/c1-20(2)31-21(3)8-6-13-29(31)39-19-30(36)35-23-16-14-22(15-17-23)34-18-25-26(33)10-7-12-28(25)40-27-11-5-4-9-24(27)32(37)38/h4-5,7,9-12,14-17,20-21,29,31,34H,6,8,13,18-19H2,1-3H3,(H,35,36)(H,37,38). The Balaban J connectivity index is 1.33. The third-order valence-corrected chi connectivity index (χ3v) is 7.48. The first-order valence-electron chi connectivity index (χ1n) is 13.8. The molecule has 8 heteroatoms. The van der Waals surface area contributed by atoms with E-state index in [1.54, 1.807) is 42.5 Å². The number of halogens is 1. The number of benzene rings is 3. The summed E-state index contributed by atoms with van der Waals surface area (Å²) in [6.45, 7) is 6.83. The molecule has 0 spiro atoms. The molecule has 40 heavy (non-hydrogen) atoms.